The van der Waals surface area contributed by atoms with Crippen molar-refractivity contribution >= 4 is 21.9 Å². The number of nitrogens with two attached hydrogens (primary N) is 1. The summed E-state index contributed by atoms with van der Waals surface area (Å²) in [6.45, 7) is 0.431. The molecule has 2 N–H and O–H groups in total. The van der Waals surface area contributed by atoms with Crippen LogP contribution >= 0.6 is 15.9 Å². The lowest BCUT2D eigenvalue weighted by atomic mass is 10.3. The second-order valence-electron chi connectivity index (χ2n) is 1.75. The van der Waals surface area contributed by atoms with Gasteiger partial charge in [0.25, 0.3) is 0 Å². The van der Waals surface area contributed by atoms with E-state index in [0.29, 0.717) is 13.0 Å². The Bertz CT molecular complexity index is 123. The summed E-state index contributed by atoms with van der Waals surface area (Å²) in [6.07, 6.45) is 0.561. The fraction of sp³-hybridized carbons (Fsp3) is 0.750. The summed E-state index contributed by atoms with van der Waals surface area (Å²) in [5.74, 6) is -0.363. The van der Waals surface area contributed by atoms with E-state index in [2.05, 4.69) is 20.7 Å². The van der Waals surface area contributed by atoms with E-state index in [-0.39, 0.29) is 5.97 Å². The maximum absolute atomic E-state index is 10.5. The molecule has 1 aliphatic rings. The van der Waals surface area contributed by atoms with Crippen LogP contribution in [0.2, 0.25) is 0 Å². The number of carbonyl (C=O) groups excluding carboxylic acids is 1. The van der Waals surface area contributed by atoms with Crippen LogP contribution in [-0.4, -0.2) is 17.0 Å². The highest BCUT2D eigenvalue weighted by Gasteiger charge is 2.37. The number of esters is 1. The smallest absolute Gasteiger partial charge is 0.337 e. The lowest BCUT2D eigenvalue weighted by Gasteiger charge is -2.05. The number of halogens is 1. The van der Waals surface area contributed by atoms with Gasteiger partial charge in [-0.2, -0.15) is 0 Å². The molecule has 0 amide bonds. The Balaban J connectivity index is 2.68. The summed E-state index contributed by atoms with van der Waals surface area (Å²) < 4.78 is 3.66. The molecule has 0 saturated carbocycles. The lowest BCUT2D eigenvalue weighted by Crippen LogP contribution is -2.36. The van der Waals surface area contributed by atoms with Crippen molar-refractivity contribution in [1.82, 2.24) is 0 Å². The van der Waals surface area contributed by atoms with Crippen molar-refractivity contribution in [3.63, 3.8) is 0 Å². The van der Waals surface area contributed by atoms with Crippen LogP contribution in [0.15, 0.2) is 0 Å². The van der Waals surface area contributed by atoms with E-state index in [4.69, 9.17) is 5.73 Å². The molecule has 0 bridgehead atoms. The first-order valence-electron chi connectivity index (χ1n) is 2.28. The minimum absolute atomic E-state index is 0.363. The first-order chi connectivity index (χ1) is 3.63. The van der Waals surface area contributed by atoms with Crippen LogP contribution in [0.4, 0.5) is 0 Å². The molecule has 1 unspecified atom stereocenters. The van der Waals surface area contributed by atoms with Crippen LogP contribution in [0.3, 0.4) is 0 Å². The average Bonchev–Trinajstić information content (AvgIpc) is 1.86. The monoisotopic (exact) mass is 179 g/mol. The molecule has 46 valence electrons. The zero-order valence-electron chi connectivity index (χ0n) is 4.19. The molecule has 0 aromatic rings. The van der Waals surface area contributed by atoms with E-state index in [1.165, 1.54) is 0 Å². The van der Waals surface area contributed by atoms with Gasteiger partial charge < -0.3 is 10.5 Å². The summed E-state index contributed by atoms with van der Waals surface area (Å²) in [5, 5.41) is 0. The number of cyclic esters (lactones) is 1. The molecular weight excluding hydrogens is 174 g/mol. The van der Waals surface area contributed by atoms with Crippen LogP contribution in [0.1, 0.15) is 6.42 Å². The Hall–Kier alpha value is -0.0900. The highest BCUT2D eigenvalue weighted by atomic mass is 79.9. The Morgan fingerprint density at radius 3 is 2.62 bits per heavy atom. The Labute approximate surface area is 55.3 Å². The molecule has 0 radical (unpaired) electrons. The van der Waals surface area contributed by atoms with E-state index in [9.17, 15) is 4.79 Å². The zero-order chi connectivity index (χ0) is 6.20. The first kappa shape index (κ1) is 6.04. The Morgan fingerprint density at radius 1 is 1.88 bits per heavy atom. The van der Waals surface area contributed by atoms with Crippen LogP contribution in [-0.2, 0) is 9.53 Å². The number of alkyl halides is 1. The van der Waals surface area contributed by atoms with E-state index in [1.807, 2.05) is 0 Å². The van der Waals surface area contributed by atoms with E-state index in [0.717, 1.165) is 0 Å². The molecule has 3 nitrogen and oxygen atoms in total. The van der Waals surface area contributed by atoms with Crippen molar-refractivity contribution in [2.24, 2.45) is 5.73 Å². The number of carbonyl (C=O) groups is 1. The molecule has 0 spiro atoms. The third-order valence-electron chi connectivity index (χ3n) is 1.04. The summed E-state index contributed by atoms with van der Waals surface area (Å²) >= 11 is 3.01. The van der Waals surface area contributed by atoms with Gasteiger partial charge in [0, 0.05) is 6.42 Å². The lowest BCUT2D eigenvalue weighted by molar-refractivity contribution is -0.139. The third kappa shape index (κ3) is 0.855. The molecule has 8 heavy (non-hydrogen) atoms. The maximum atomic E-state index is 10.5. The second-order valence-corrected chi connectivity index (χ2v) is 3.16. The van der Waals surface area contributed by atoms with Crippen LogP contribution in [0.5, 0.6) is 0 Å². The molecular formula is C4H6BrNO2. The van der Waals surface area contributed by atoms with Gasteiger partial charge in [-0.05, 0) is 0 Å². The van der Waals surface area contributed by atoms with Crippen molar-refractivity contribution in [2.75, 3.05) is 6.61 Å². The molecule has 1 rings (SSSR count). The van der Waals surface area contributed by atoms with E-state index < -0.39 is 4.45 Å². The van der Waals surface area contributed by atoms with Crippen molar-refractivity contribution < 1.29 is 9.53 Å². The second kappa shape index (κ2) is 1.70. The summed E-state index contributed by atoms with van der Waals surface area (Å²) in [4.78, 5) is 10.5. The minimum atomic E-state index is -0.896. The van der Waals surface area contributed by atoms with Gasteiger partial charge in [-0.3, -0.25) is 0 Å². The zero-order valence-corrected chi connectivity index (χ0v) is 5.77. The normalized spacial score (nSPS) is 37.5. The average molecular weight is 180 g/mol. The molecule has 4 heteroatoms. The fourth-order valence-electron chi connectivity index (χ4n) is 0.514. The van der Waals surface area contributed by atoms with Crippen LogP contribution in [0.25, 0.3) is 0 Å². The predicted octanol–water partition coefficient (Wildman–Crippen LogP) is -0.0168. The summed E-state index contributed by atoms with van der Waals surface area (Å²) in [5.41, 5.74) is 5.36. The molecule has 1 aliphatic heterocycles. The largest absolute Gasteiger partial charge is 0.464 e. The Kier molecular flexibility index (Phi) is 1.28. The third-order valence-corrected chi connectivity index (χ3v) is 1.76. The SMILES string of the molecule is NC1(Br)CCOC1=O. The molecule has 1 atom stereocenters. The van der Waals surface area contributed by atoms with E-state index >= 15 is 0 Å². The van der Waals surface area contributed by atoms with Crippen molar-refractivity contribution in [3.8, 4) is 0 Å². The quantitative estimate of drug-likeness (QED) is 0.324. The summed E-state index contributed by atoms with van der Waals surface area (Å²) in [6, 6.07) is 0. The molecule has 1 saturated heterocycles. The van der Waals surface area contributed by atoms with Crippen LogP contribution < -0.4 is 5.73 Å². The van der Waals surface area contributed by atoms with Gasteiger partial charge in [0.05, 0.1) is 6.61 Å². The van der Waals surface area contributed by atoms with Gasteiger partial charge >= 0.3 is 5.97 Å². The van der Waals surface area contributed by atoms with Crippen LogP contribution in [0, 0.1) is 0 Å². The minimum Gasteiger partial charge on any atom is -0.464 e. The Morgan fingerprint density at radius 2 is 2.50 bits per heavy atom. The van der Waals surface area contributed by atoms with E-state index in [1.54, 1.807) is 0 Å². The van der Waals surface area contributed by atoms with Gasteiger partial charge in [-0.1, -0.05) is 15.9 Å². The molecule has 0 aromatic heterocycles. The van der Waals surface area contributed by atoms with Crippen molar-refractivity contribution in [1.29, 1.82) is 0 Å². The first-order valence-corrected chi connectivity index (χ1v) is 3.07. The highest BCUT2D eigenvalue weighted by Crippen LogP contribution is 2.22. The maximum Gasteiger partial charge on any atom is 0.337 e. The van der Waals surface area contributed by atoms with Gasteiger partial charge in [-0.25, -0.2) is 4.79 Å². The number of hydrogen-bond donors (Lipinski definition) is 1. The number of ether oxygens (including phenoxy) is 1. The molecule has 0 aromatic carbocycles. The molecule has 1 fully saturated rings. The topological polar surface area (TPSA) is 52.3 Å². The van der Waals surface area contributed by atoms with Gasteiger partial charge in [-0.15, -0.1) is 0 Å². The predicted molar refractivity (Wildman–Crippen MR) is 31.4 cm³/mol. The van der Waals surface area contributed by atoms with Gasteiger partial charge in [0.1, 0.15) is 0 Å². The molecule has 1 heterocycles. The number of hydrogen-bond acceptors (Lipinski definition) is 3. The highest BCUT2D eigenvalue weighted by molar-refractivity contribution is 9.10. The summed E-state index contributed by atoms with van der Waals surface area (Å²) in [7, 11) is 0. The van der Waals surface area contributed by atoms with Gasteiger partial charge in [0.2, 0.25) is 0 Å². The van der Waals surface area contributed by atoms with Gasteiger partial charge in [0.15, 0.2) is 4.45 Å². The fourth-order valence-corrected chi connectivity index (χ4v) is 0.791. The standard InChI is InChI=1S/C4H6BrNO2/c5-4(6)1-2-8-3(4)7/h1-2,6H2. The molecule has 0 aliphatic carbocycles. The van der Waals surface area contributed by atoms with Crippen molar-refractivity contribution in [3.05, 3.63) is 0 Å². The van der Waals surface area contributed by atoms with Crippen molar-refractivity contribution in [2.45, 2.75) is 10.9 Å². The number of rotatable bonds is 0.